The highest BCUT2D eigenvalue weighted by atomic mass is 79.9. The largest absolute Gasteiger partial charge is 0.480 e. The monoisotopic (exact) mass is 762 g/mol. The number of hydrogen-bond donors (Lipinski definition) is 21. The molecule has 0 aromatic carbocycles. The van der Waals surface area contributed by atoms with Gasteiger partial charge in [-0.25, -0.2) is 0 Å². The van der Waals surface area contributed by atoms with E-state index in [1.54, 1.807) is 6.92 Å². The van der Waals surface area contributed by atoms with Crippen molar-refractivity contribution in [3.8, 4) is 0 Å². The van der Waals surface area contributed by atoms with Crippen LogP contribution in [-0.4, -0.2) is 245 Å². The van der Waals surface area contributed by atoms with Crippen molar-refractivity contribution in [1.29, 1.82) is 0 Å². The van der Waals surface area contributed by atoms with Crippen LogP contribution in [-0.2, 0) is 4.79 Å². The molecule has 0 fully saturated rings. The quantitative estimate of drug-likeness (QED) is 0.0649. The van der Waals surface area contributed by atoms with Gasteiger partial charge in [-0.3, -0.25) is 4.79 Å². The summed E-state index contributed by atoms with van der Waals surface area (Å²) < 4.78 is 0. The molecule has 1 unspecified atom stereocenters. The third-order valence-corrected chi connectivity index (χ3v) is 4.82. The fraction of sp³-hybridized carbons (Fsp3) is 0.957. The molecule has 286 valence electrons. The van der Waals surface area contributed by atoms with E-state index < -0.39 is 138 Å². The fourth-order valence-corrected chi connectivity index (χ4v) is 1.22. The molecule has 0 radical (unpaired) electrons. The summed E-state index contributed by atoms with van der Waals surface area (Å²) in [6.07, 6.45) is -12.2. The molecule has 23 heteroatoms. The van der Waals surface area contributed by atoms with Crippen LogP contribution in [0.2, 0.25) is 0 Å². The average Bonchev–Trinajstić information content (AvgIpc) is 3.08. The summed E-state index contributed by atoms with van der Waals surface area (Å²) in [7, 11) is 0. The van der Waals surface area contributed by atoms with E-state index in [0.717, 1.165) is 0 Å². The van der Waals surface area contributed by atoms with Gasteiger partial charge in [-0.15, -0.1) is 0 Å². The smallest absolute Gasteiger partial charge is 0.316 e. The zero-order valence-electron chi connectivity index (χ0n) is 25.1. The topological polar surface area (TPSA) is 442 Å². The molecule has 0 amide bonds. The van der Waals surface area contributed by atoms with Gasteiger partial charge in [-0.2, -0.15) is 0 Å². The van der Waals surface area contributed by atoms with Gasteiger partial charge in [0.15, 0.2) is 0 Å². The predicted octanol–water partition coefficient (Wildman–Crippen LogP) is -10.7. The van der Waals surface area contributed by atoms with Gasteiger partial charge in [0.1, 0.15) is 65.9 Å². The summed E-state index contributed by atoms with van der Waals surface area (Å²) in [6, 6.07) is 0. The highest BCUT2D eigenvalue weighted by molar-refractivity contribution is 9.10. The number of carbonyl (C=O) groups is 1. The maximum Gasteiger partial charge on any atom is 0.316 e. The van der Waals surface area contributed by atoms with Gasteiger partial charge in [0.05, 0.1) is 66.1 Å². The zero-order chi connectivity index (χ0) is 38.0. The van der Waals surface area contributed by atoms with Gasteiger partial charge in [0, 0.05) is 0 Å². The maximum atomic E-state index is 9.65. The van der Waals surface area contributed by atoms with Crippen molar-refractivity contribution in [2.24, 2.45) is 0 Å². The van der Waals surface area contributed by atoms with Crippen LogP contribution in [0.4, 0.5) is 0 Å². The van der Waals surface area contributed by atoms with Gasteiger partial charge in [-0.1, -0.05) is 15.9 Å². The third kappa shape index (κ3) is 41.2. The first-order chi connectivity index (χ1) is 21.2. The Kier molecular flexibility index (Phi) is 50.3. The van der Waals surface area contributed by atoms with Crippen LogP contribution < -0.4 is 0 Å². The molecule has 0 aromatic heterocycles. The van der Waals surface area contributed by atoms with Crippen molar-refractivity contribution >= 4 is 21.9 Å². The Labute approximate surface area is 273 Å². The molecule has 22 nitrogen and oxygen atoms in total. The molecule has 0 aliphatic heterocycles. The summed E-state index contributed by atoms with van der Waals surface area (Å²) >= 11 is 2.84. The SMILES string of the molecule is CC(Br)C(=O)O.OC[C@@H](O)[C@@H](O)CO.OC[C@@H](O)[C@@H](O)CO.OC[C@@H](O)[C@@H](O)CO.OC[C@@H](O)[C@@H](O)CO.OC[C@@H](O)[C@@H](O)CO. The minimum atomic E-state index is -1.22. The fourth-order valence-electron chi connectivity index (χ4n) is 1.22. The first-order valence-electron chi connectivity index (χ1n) is 13.0. The molecule has 11 atom stereocenters. The average molecular weight is 764 g/mol. The second-order valence-electron chi connectivity index (χ2n) is 8.45. The molecule has 0 saturated carbocycles. The lowest BCUT2D eigenvalue weighted by Crippen LogP contribution is -2.31. The second-order valence-corrected chi connectivity index (χ2v) is 9.83. The Balaban J connectivity index is -0.000000105. The van der Waals surface area contributed by atoms with E-state index in [2.05, 4.69) is 15.9 Å². The molecule has 0 aliphatic rings. The lowest BCUT2D eigenvalue weighted by Gasteiger charge is -2.10. The number of rotatable bonds is 16. The number of aliphatic hydroxyl groups excluding tert-OH is 20. The zero-order valence-corrected chi connectivity index (χ0v) is 26.7. The van der Waals surface area contributed by atoms with E-state index in [1.807, 2.05) is 0 Å². The van der Waals surface area contributed by atoms with Crippen LogP contribution in [0.3, 0.4) is 0 Å². The van der Waals surface area contributed by atoms with Crippen molar-refractivity contribution < 1.29 is 112 Å². The van der Waals surface area contributed by atoms with Crippen LogP contribution in [0.1, 0.15) is 6.92 Å². The molecule has 0 spiro atoms. The van der Waals surface area contributed by atoms with E-state index in [1.165, 1.54) is 0 Å². The Bertz CT molecular complexity index is 463. The minimum absolute atomic E-state index is 0.419. The van der Waals surface area contributed by atoms with Crippen molar-refractivity contribution in [3.63, 3.8) is 0 Å². The summed E-state index contributed by atoms with van der Waals surface area (Å²) in [6.45, 7) is -3.70. The summed E-state index contributed by atoms with van der Waals surface area (Å²) in [4.78, 5) is 9.23. The van der Waals surface area contributed by atoms with Crippen LogP contribution >= 0.6 is 15.9 Å². The van der Waals surface area contributed by atoms with Crippen molar-refractivity contribution in [1.82, 2.24) is 0 Å². The predicted molar refractivity (Wildman–Crippen MR) is 157 cm³/mol. The Hall–Kier alpha value is -0.850. The number of halogens is 1. The van der Waals surface area contributed by atoms with E-state index in [0.29, 0.717) is 0 Å². The number of carboxylic acid groups (broad SMARTS) is 1. The lowest BCUT2D eigenvalue weighted by atomic mass is 10.2. The molecular formula is C23H55BrO22. The summed E-state index contributed by atoms with van der Waals surface area (Å²) in [5.74, 6) is -0.824. The number of carboxylic acids is 1. The molecule has 0 rings (SSSR count). The molecular weight excluding hydrogens is 708 g/mol. The molecule has 0 aromatic rings. The number of aliphatic carboxylic acids is 1. The van der Waals surface area contributed by atoms with Crippen molar-refractivity contribution in [2.75, 3.05) is 66.1 Å². The van der Waals surface area contributed by atoms with Crippen LogP contribution in [0.5, 0.6) is 0 Å². The van der Waals surface area contributed by atoms with Gasteiger partial charge >= 0.3 is 5.97 Å². The standard InChI is InChI=1S/5C4H10O4.C3H5BrO2/c5*5-1-3(7)4(8)2-6;1-2(4)3(5)6/h5*3-8H,1-2H2;2H,1H3,(H,5,6)/t5*3-,4+;. The third-order valence-electron chi connectivity index (χ3n) is 4.43. The van der Waals surface area contributed by atoms with Gasteiger partial charge < -0.3 is 107 Å². The number of aliphatic hydroxyl groups is 20. The van der Waals surface area contributed by atoms with Gasteiger partial charge in [0.2, 0.25) is 0 Å². The van der Waals surface area contributed by atoms with Crippen LogP contribution in [0, 0.1) is 0 Å². The molecule has 0 saturated heterocycles. The molecule has 0 bridgehead atoms. The van der Waals surface area contributed by atoms with E-state index in [-0.39, 0.29) is 0 Å². The van der Waals surface area contributed by atoms with Crippen molar-refractivity contribution in [3.05, 3.63) is 0 Å². The van der Waals surface area contributed by atoms with E-state index in [9.17, 15) is 4.79 Å². The number of alkyl halides is 1. The minimum Gasteiger partial charge on any atom is -0.480 e. The van der Waals surface area contributed by atoms with Crippen LogP contribution in [0.15, 0.2) is 0 Å². The van der Waals surface area contributed by atoms with Crippen LogP contribution in [0.25, 0.3) is 0 Å². The first-order valence-corrected chi connectivity index (χ1v) is 13.9. The Morgan fingerprint density at radius 1 is 0.370 bits per heavy atom. The Morgan fingerprint density at radius 2 is 0.435 bits per heavy atom. The molecule has 0 aliphatic carbocycles. The van der Waals surface area contributed by atoms with Gasteiger partial charge in [-0.05, 0) is 6.92 Å². The normalized spacial score (nSPS) is 17.4. The van der Waals surface area contributed by atoms with E-state index >= 15 is 0 Å². The molecule has 0 heterocycles. The second kappa shape index (κ2) is 40.3. The summed E-state index contributed by atoms with van der Waals surface area (Å²) in [5.41, 5.74) is 0. The first kappa shape index (κ1) is 57.4. The van der Waals surface area contributed by atoms with Crippen molar-refractivity contribution in [2.45, 2.75) is 72.8 Å². The maximum absolute atomic E-state index is 9.65. The van der Waals surface area contributed by atoms with Gasteiger partial charge in [0.25, 0.3) is 0 Å². The lowest BCUT2D eigenvalue weighted by molar-refractivity contribution is -0.135. The Morgan fingerprint density at radius 3 is 0.457 bits per heavy atom. The highest BCUT2D eigenvalue weighted by Gasteiger charge is 2.14. The van der Waals surface area contributed by atoms with E-state index in [4.69, 9.17) is 107 Å². The molecule has 46 heavy (non-hydrogen) atoms. The molecule has 21 N–H and O–H groups in total. The summed E-state index contributed by atoms with van der Waals surface area (Å²) in [5, 5.41) is 174. The highest BCUT2D eigenvalue weighted by Crippen LogP contribution is 1.94. The number of hydrogen-bond acceptors (Lipinski definition) is 21.